The normalized spacial score (nSPS) is 10.4. The molecule has 2 N–H and O–H groups in total. The quantitative estimate of drug-likeness (QED) is 0.811. The molecule has 2 aromatic heterocycles. The van der Waals surface area contributed by atoms with Crippen molar-refractivity contribution >= 4 is 33.3 Å². The van der Waals surface area contributed by atoms with Crippen molar-refractivity contribution in [1.82, 2.24) is 9.97 Å². The standard InChI is InChI=1S/C9H12N4S/c1-3-11-7-6-4-5-14-8(6)13-9(10-2)12-7/h4-5H,3H2,1-2H3,(H2,10,11,12,13). The highest BCUT2D eigenvalue weighted by atomic mass is 32.1. The van der Waals surface area contributed by atoms with Crippen LogP contribution in [-0.2, 0) is 0 Å². The zero-order chi connectivity index (χ0) is 9.97. The third-order valence-corrected chi connectivity index (χ3v) is 2.70. The average Bonchev–Trinajstić information content (AvgIpc) is 2.66. The Morgan fingerprint density at radius 2 is 2.29 bits per heavy atom. The second-order valence-electron chi connectivity index (χ2n) is 2.82. The number of hydrogen-bond acceptors (Lipinski definition) is 5. The number of rotatable bonds is 3. The molecule has 0 radical (unpaired) electrons. The Balaban J connectivity index is 2.58. The molecule has 2 heterocycles. The van der Waals surface area contributed by atoms with Gasteiger partial charge in [0.05, 0.1) is 5.39 Å². The molecule has 0 fully saturated rings. The molecule has 0 aliphatic heterocycles. The molecular weight excluding hydrogens is 196 g/mol. The van der Waals surface area contributed by atoms with Crippen LogP contribution >= 0.6 is 11.3 Å². The van der Waals surface area contributed by atoms with E-state index in [0.717, 1.165) is 22.6 Å². The van der Waals surface area contributed by atoms with Crippen molar-refractivity contribution in [2.24, 2.45) is 0 Å². The van der Waals surface area contributed by atoms with E-state index in [1.165, 1.54) is 0 Å². The van der Waals surface area contributed by atoms with Gasteiger partial charge in [-0.1, -0.05) is 0 Å². The van der Waals surface area contributed by atoms with Crippen LogP contribution < -0.4 is 10.6 Å². The zero-order valence-electron chi connectivity index (χ0n) is 8.16. The fourth-order valence-corrected chi connectivity index (χ4v) is 2.03. The van der Waals surface area contributed by atoms with Gasteiger partial charge in [-0.25, -0.2) is 4.98 Å². The third-order valence-electron chi connectivity index (χ3n) is 1.89. The predicted molar refractivity (Wildman–Crippen MR) is 61.1 cm³/mol. The highest BCUT2D eigenvalue weighted by Gasteiger charge is 2.06. The molecule has 0 amide bonds. The molecule has 0 atom stereocenters. The topological polar surface area (TPSA) is 49.8 Å². The molecule has 0 aliphatic rings. The van der Waals surface area contributed by atoms with Gasteiger partial charge in [-0.15, -0.1) is 11.3 Å². The van der Waals surface area contributed by atoms with Gasteiger partial charge in [0.1, 0.15) is 10.6 Å². The molecule has 0 aromatic carbocycles. The third kappa shape index (κ3) is 1.50. The maximum absolute atomic E-state index is 4.35. The van der Waals surface area contributed by atoms with Crippen LogP contribution in [0, 0.1) is 0 Å². The molecule has 14 heavy (non-hydrogen) atoms. The first-order chi connectivity index (χ1) is 6.85. The summed E-state index contributed by atoms with van der Waals surface area (Å²) in [5, 5.41) is 9.30. The molecule has 2 rings (SSSR count). The zero-order valence-corrected chi connectivity index (χ0v) is 8.98. The molecule has 0 unspecified atom stereocenters. The van der Waals surface area contributed by atoms with Crippen LogP contribution in [0.1, 0.15) is 6.92 Å². The van der Waals surface area contributed by atoms with Crippen LogP contribution in [0.5, 0.6) is 0 Å². The second-order valence-corrected chi connectivity index (χ2v) is 3.71. The molecule has 4 nitrogen and oxygen atoms in total. The summed E-state index contributed by atoms with van der Waals surface area (Å²) in [6.07, 6.45) is 0. The summed E-state index contributed by atoms with van der Waals surface area (Å²) in [7, 11) is 1.82. The minimum atomic E-state index is 0.663. The van der Waals surface area contributed by atoms with Crippen LogP contribution in [0.3, 0.4) is 0 Å². The van der Waals surface area contributed by atoms with E-state index in [9.17, 15) is 0 Å². The van der Waals surface area contributed by atoms with E-state index in [4.69, 9.17) is 0 Å². The van der Waals surface area contributed by atoms with Crippen molar-refractivity contribution in [2.75, 3.05) is 24.2 Å². The lowest BCUT2D eigenvalue weighted by Gasteiger charge is -2.05. The van der Waals surface area contributed by atoms with Crippen LogP contribution in [0.25, 0.3) is 10.2 Å². The Hall–Kier alpha value is -1.36. The predicted octanol–water partition coefficient (Wildman–Crippen LogP) is 2.16. The summed E-state index contributed by atoms with van der Waals surface area (Å²) in [4.78, 5) is 9.72. The van der Waals surface area contributed by atoms with Crippen molar-refractivity contribution < 1.29 is 0 Å². The fourth-order valence-electron chi connectivity index (χ4n) is 1.27. The van der Waals surface area contributed by atoms with Crippen molar-refractivity contribution in [3.63, 3.8) is 0 Å². The number of nitrogens with one attached hydrogen (secondary N) is 2. The minimum Gasteiger partial charge on any atom is -0.370 e. The van der Waals surface area contributed by atoms with Gasteiger partial charge in [0.15, 0.2) is 0 Å². The number of thiophene rings is 1. The molecule has 5 heteroatoms. The van der Waals surface area contributed by atoms with Gasteiger partial charge >= 0.3 is 0 Å². The summed E-state index contributed by atoms with van der Waals surface area (Å²) in [6, 6.07) is 2.04. The number of anilines is 2. The molecule has 0 aliphatic carbocycles. The summed E-state index contributed by atoms with van der Waals surface area (Å²) in [6.45, 7) is 2.92. The van der Waals surface area contributed by atoms with E-state index < -0.39 is 0 Å². The van der Waals surface area contributed by atoms with E-state index >= 15 is 0 Å². The maximum Gasteiger partial charge on any atom is 0.225 e. The summed E-state index contributed by atoms with van der Waals surface area (Å²) in [5.41, 5.74) is 0. The van der Waals surface area contributed by atoms with Gasteiger partial charge in [-0.3, -0.25) is 0 Å². The Labute approximate surface area is 86.4 Å². The summed E-state index contributed by atoms with van der Waals surface area (Å²) in [5.74, 6) is 1.57. The largest absolute Gasteiger partial charge is 0.370 e. The van der Waals surface area contributed by atoms with E-state index in [-0.39, 0.29) is 0 Å². The maximum atomic E-state index is 4.35. The van der Waals surface area contributed by atoms with Gasteiger partial charge in [0.25, 0.3) is 0 Å². The highest BCUT2D eigenvalue weighted by Crippen LogP contribution is 2.25. The van der Waals surface area contributed by atoms with Gasteiger partial charge in [-0.05, 0) is 18.4 Å². The van der Waals surface area contributed by atoms with E-state index in [1.807, 2.05) is 18.5 Å². The Morgan fingerprint density at radius 1 is 1.43 bits per heavy atom. The smallest absolute Gasteiger partial charge is 0.225 e. The first-order valence-electron chi connectivity index (χ1n) is 4.52. The highest BCUT2D eigenvalue weighted by molar-refractivity contribution is 7.16. The van der Waals surface area contributed by atoms with Crippen molar-refractivity contribution in [3.05, 3.63) is 11.4 Å². The first kappa shape index (κ1) is 9.21. The SMILES string of the molecule is CCNc1nc(NC)nc2sccc12. The first-order valence-corrected chi connectivity index (χ1v) is 5.40. The van der Waals surface area contributed by atoms with E-state index in [1.54, 1.807) is 11.3 Å². The van der Waals surface area contributed by atoms with E-state index in [0.29, 0.717) is 5.95 Å². The molecule has 0 bridgehead atoms. The van der Waals surface area contributed by atoms with Crippen LogP contribution in [0.4, 0.5) is 11.8 Å². The van der Waals surface area contributed by atoms with Crippen molar-refractivity contribution in [2.45, 2.75) is 6.92 Å². The lowest BCUT2D eigenvalue weighted by Crippen LogP contribution is -2.03. The van der Waals surface area contributed by atoms with E-state index in [2.05, 4.69) is 27.5 Å². The Morgan fingerprint density at radius 3 is 3.00 bits per heavy atom. The molecule has 74 valence electrons. The second kappa shape index (κ2) is 3.79. The average molecular weight is 208 g/mol. The van der Waals surface area contributed by atoms with Gasteiger partial charge < -0.3 is 10.6 Å². The fraction of sp³-hybridized carbons (Fsp3) is 0.333. The Kier molecular flexibility index (Phi) is 2.49. The van der Waals surface area contributed by atoms with Gasteiger partial charge in [-0.2, -0.15) is 4.98 Å². The molecule has 2 aromatic rings. The molecule has 0 spiro atoms. The number of hydrogen-bond donors (Lipinski definition) is 2. The van der Waals surface area contributed by atoms with Gasteiger partial charge in [0, 0.05) is 13.6 Å². The molecule has 0 saturated heterocycles. The number of nitrogens with zero attached hydrogens (tertiary/aromatic N) is 2. The number of fused-ring (bicyclic) bond motifs is 1. The van der Waals surface area contributed by atoms with Crippen LogP contribution in [-0.4, -0.2) is 23.6 Å². The van der Waals surface area contributed by atoms with Crippen LogP contribution in [0.2, 0.25) is 0 Å². The lowest BCUT2D eigenvalue weighted by molar-refractivity contribution is 1.14. The molecular formula is C9H12N4S. The minimum absolute atomic E-state index is 0.663. The Bertz CT molecular complexity index is 437. The van der Waals surface area contributed by atoms with Crippen LogP contribution in [0.15, 0.2) is 11.4 Å². The monoisotopic (exact) mass is 208 g/mol. The summed E-state index contributed by atoms with van der Waals surface area (Å²) >= 11 is 1.63. The van der Waals surface area contributed by atoms with Gasteiger partial charge in [0.2, 0.25) is 5.95 Å². The van der Waals surface area contributed by atoms with Crippen molar-refractivity contribution in [1.29, 1.82) is 0 Å². The lowest BCUT2D eigenvalue weighted by atomic mass is 10.4. The summed E-state index contributed by atoms with van der Waals surface area (Å²) < 4.78 is 0. The number of aromatic nitrogens is 2. The molecule has 0 saturated carbocycles. The van der Waals surface area contributed by atoms with Crippen molar-refractivity contribution in [3.8, 4) is 0 Å².